The summed E-state index contributed by atoms with van der Waals surface area (Å²) in [5, 5.41) is 11.4. The van der Waals surface area contributed by atoms with Crippen LogP contribution in [0.4, 0.5) is 5.82 Å². The summed E-state index contributed by atoms with van der Waals surface area (Å²) >= 11 is 16.2. The predicted octanol–water partition coefficient (Wildman–Crippen LogP) is 4.93. The lowest BCUT2D eigenvalue weighted by Crippen LogP contribution is -2.15. The molecule has 0 atom stereocenters. The van der Waals surface area contributed by atoms with E-state index >= 15 is 0 Å². The van der Waals surface area contributed by atoms with Gasteiger partial charge in [0.15, 0.2) is 5.82 Å². The summed E-state index contributed by atoms with van der Waals surface area (Å²) < 4.78 is 6.45. The van der Waals surface area contributed by atoms with Crippen LogP contribution >= 0.6 is 50.9 Å². The number of hydrogen-bond acceptors (Lipinski definition) is 6. The van der Waals surface area contributed by atoms with Gasteiger partial charge in [0.2, 0.25) is 11.8 Å². The number of benzene rings is 1. The highest BCUT2D eigenvalue weighted by atomic mass is 79.9. The molecule has 0 aliphatic heterocycles. The Labute approximate surface area is 165 Å². The van der Waals surface area contributed by atoms with Gasteiger partial charge in [-0.3, -0.25) is 4.79 Å². The van der Waals surface area contributed by atoms with Gasteiger partial charge in [0.05, 0.1) is 15.8 Å². The van der Waals surface area contributed by atoms with E-state index in [-0.39, 0.29) is 22.5 Å². The quantitative estimate of drug-likeness (QED) is 0.544. The molecule has 0 saturated heterocycles. The minimum Gasteiger partial charge on any atom is -0.411 e. The zero-order valence-electron chi connectivity index (χ0n) is 12.4. The molecule has 0 bridgehead atoms. The number of nitrogens with zero attached hydrogens (tertiary/aromatic N) is 3. The van der Waals surface area contributed by atoms with Gasteiger partial charge in [-0.1, -0.05) is 57.0 Å². The Morgan fingerprint density at radius 3 is 2.88 bits per heavy atom. The van der Waals surface area contributed by atoms with E-state index in [0.717, 1.165) is 21.8 Å². The fourth-order valence-corrected chi connectivity index (χ4v) is 3.20. The first kappa shape index (κ1) is 18.2. The molecule has 0 radical (unpaired) electrons. The summed E-state index contributed by atoms with van der Waals surface area (Å²) in [6.45, 7) is 0. The third-order valence-corrected chi connectivity index (χ3v) is 4.68. The highest BCUT2D eigenvalue weighted by Gasteiger charge is 2.13. The van der Waals surface area contributed by atoms with Gasteiger partial charge in [-0.15, -0.1) is 10.2 Å². The van der Waals surface area contributed by atoms with Crippen LogP contribution in [0.25, 0.3) is 11.5 Å². The second kappa shape index (κ2) is 8.18. The van der Waals surface area contributed by atoms with Gasteiger partial charge < -0.3 is 9.73 Å². The van der Waals surface area contributed by atoms with Crippen molar-refractivity contribution in [3.05, 3.63) is 51.0 Å². The zero-order chi connectivity index (χ0) is 17.8. The summed E-state index contributed by atoms with van der Waals surface area (Å²) in [5.74, 6) is 0.397. The van der Waals surface area contributed by atoms with E-state index in [9.17, 15) is 4.79 Å². The molecule has 0 saturated carbocycles. The zero-order valence-corrected chi connectivity index (χ0v) is 16.3. The molecule has 128 valence electrons. The van der Waals surface area contributed by atoms with Crippen molar-refractivity contribution in [2.45, 2.75) is 5.22 Å². The van der Waals surface area contributed by atoms with Crippen molar-refractivity contribution in [1.82, 2.24) is 15.2 Å². The number of amides is 1. The minimum atomic E-state index is -0.302. The third kappa shape index (κ3) is 4.94. The Bertz CT molecular complexity index is 922. The molecule has 6 nitrogen and oxygen atoms in total. The molecule has 3 rings (SSSR count). The largest absolute Gasteiger partial charge is 0.411 e. The molecule has 3 aromatic rings. The smallest absolute Gasteiger partial charge is 0.277 e. The van der Waals surface area contributed by atoms with E-state index in [2.05, 4.69) is 36.4 Å². The van der Waals surface area contributed by atoms with Gasteiger partial charge in [-0.2, -0.15) is 0 Å². The van der Waals surface area contributed by atoms with Crippen LogP contribution in [0.15, 0.2) is 50.6 Å². The van der Waals surface area contributed by atoms with Crippen LogP contribution in [0.1, 0.15) is 0 Å². The molecule has 0 fully saturated rings. The first-order valence-corrected chi connectivity index (χ1v) is 9.38. The van der Waals surface area contributed by atoms with Crippen molar-refractivity contribution < 1.29 is 9.21 Å². The fourth-order valence-electron chi connectivity index (χ4n) is 1.81. The molecular weight excluding hydrogens is 451 g/mol. The number of aromatic nitrogens is 3. The van der Waals surface area contributed by atoms with Crippen LogP contribution in [0.5, 0.6) is 0 Å². The molecule has 25 heavy (non-hydrogen) atoms. The minimum absolute atomic E-state index is 0.0702. The number of anilines is 1. The van der Waals surface area contributed by atoms with Crippen LogP contribution in [0.3, 0.4) is 0 Å². The highest BCUT2D eigenvalue weighted by Crippen LogP contribution is 2.26. The van der Waals surface area contributed by atoms with Gasteiger partial charge >= 0.3 is 0 Å². The van der Waals surface area contributed by atoms with E-state index < -0.39 is 0 Å². The molecule has 0 aliphatic carbocycles. The van der Waals surface area contributed by atoms with Crippen molar-refractivity contribution in [2.24, 2.45) is 0 Å². The number of rotatable bonds is 5. The Hall–Kier alpha value is -1.61. The maximum absolute atomic E-state index is 12.0. The number of pyridine rings is 1. The topological polar surface area (TPSA) is 80.9 Å². The van der Waals surface area contributed by atoms with Gasteiger partial charge in [0.25, 0.3) is 5.22 Å². The molecule has 1 amide bonds. The SMILES string of the molecule is O=C(CSc1nnc(-c2cccc(Br)c2)o1)Nc1ncc(Cl)cc1Cl. The van der Waals surface area contributed by atoms with Gasteiger partial charge in [0.1, 0.15) is 0 Å². The molecule has 2 heterocycles. The summed E-state index contributed by atoms with van der Waals surface area (Å²) in [6, 6.07) is 8.99. The number of carbonyl (C=O) groups is 1. The Morgan fingerprint density at radius 1 is 1.28 bits per heavy atom. The number of halogens is 3. The first-order chi connectivity index (χ1) is 12.0. The number of thioether (sulfide) groups is 1. The van der Waals surface area contributed by atoms with Crippen LogP contribution in [0.2, 0.25) is 10.0 Å². The first-order valence-electron chi connectivity index (χ1n) is 6.84. The Morgan fingerprint density at radius 2 is 2.12 bits per heavy atom. The van der Waals surface area contributed by atoms with Crippen molar-refractivity contribution in [3.63, 3.8) is 0 Å². The maximum Gasteiger partial charge on any atom is 0.277 e. The molecule has 2 aromatic heterocycles. The lowest BCUT2D eigenvalue weighted by Gasteiger charge is -2.05. The average molecular weight is 460 g/mol. The van der Waals surface area contributed by atoms with Crippen molar-refractivity contribution in [2.75, 3.05) is 11.1 Å². The molecule has 0 spiro atoms. The summed E-state index contributed by atoms with van der Waals surface area (Å²) in [7, 11) is 0. The standard InChI is InChI=1S/C15H9BrCl2N4O2S/c16-9-3-1-2-8(4-9)14-21-22-15(24-14)25-7-12(23)20-13-11(18)5-10(17)6-19-13/h1-6H,7H2,(H,19,20,23). The van der Waals surface area contributed by atoms with Crippen molar-refractivity contribution in [3.8, 4) is 11.5 Å². The van der Waals surface area contributed by atoms with Crippen LogP contribution in [-0.2, 0) is 4.79 Å². The number of carbonyl (C=O) groups excluding carboxylic acids is 1. The van der Waals surface area contributed by atoms with Gasteiger partial charge in [-0.05, 0) is 24.3 Å². The monoisotopic (exact) mass is 458 g/mol. The number of nitrogens with one attached hydrogen (secondary N) is 1. The van der Waals surface area contributed by atoms with E-state index in [1.807, 2.05) is 24.3 Å². The fraction of sp³-hybridized carbons (Fsp3) is 0.0667. The van der Waals surface area contributed by atoms with Crippen LogP contribution < -0.4 is 5.32 Å². The van der Waals surface area contributed by atoms with Gasteiger partial charge in [-0.25, -0.2) is 4.98 Å². The molecule has 1 aromatic carbocycles. The van der Waals surface area contributed by atoms with E-state index in [1.54, 1.807) is 0 Å². The van der Waals surface area contributed by atoms with Crippen molar-refractivity contribution >= 4 is 62.6 Å². The summed E-state index contributed by atoms with van der Waals surface area (Å²) in [4.78, 5) is 15.9. The summed E-state index contributed by atoms with van der Waals surface area (Å²) in [5.41, 5.74) is 0.787. The van der Waals surface area contributed by atoms with Gasteiger partial charge in [0, 0.05) is 16.2 Å². The molecule has 0 unspecified atom stereocenters. The second-order valence-corrected chi connectivity index (χ2v) is 7.39. The molecule has 0 aliphatic rings. The van der Waals surface area contributed by atoms with E-state index in [1.165, 1.54) is 12.3 Å². The second-order valence-electron chi connectivity index (χ2n) is 4.70. The maximum atomic E-state index is 12.0. The number of hydrogen-bond donors (Lipinski definition) is 1. The molecule has 1 N–H and O–H groups in total. The van der Waals surface area contributed by atoms with E-state index in [4.69, 9.17) is 27.6 Å². The average Bonchev–Trinajstić information content (AvgIpc) is 3.05. The highest BCUT2D eigenvalue weighted by molar-refractivity contribution is 9.10. The lowest BCUT2D eigenvalue weighted by molar-refractivity contribution is -0.113. The lowest BCUT2D eigenvalue weighted by atomic mass is 10.2. The predicted molar refractivity (Wildman–Crippen MR) is 101 cm³/mol. The van der Waals surface area contributed by atoms with E-state index in [0.29, 0.717) is 16.1 Å². The molecule has 10 heteroatoms. The molecular formula is C15H9BrCl2N4O2S. The Kier molecular flexibility index (Phi) is 5.95. The normalized spacial score (nSPS) is 10.7. The van der Waals surface area contributed by atoms with Crippen LogP contribution in [0, 0.1) is 0 Å². The third-order valence-electron chi connectivity index (χ3n) is 2.87. The Balaban J connectivity index is 1.59. The summed E-state index contributed by atoms with van der Waals surface area (Å²) in [6.07, 6.45) is 1.40. The van der Waals surface area contributed by atoms with Crippen LogP contribution in [-0.4, -0.2) is 26.8 Å². The van der Waals surface area contributed by atoms with Crippen molar-refractivity contribution in [1.29, 1.82) is 0 Å².